The average Bonchev–Trinajstić information content (AvgIpc) is 2.97. The Kier molecular flexibility index (Phi) is 8.26. The summed E-state index contributed by atoms with van der Waals surface area (Å²) in [6, 6.07) is 5.28. The molecule has 1 amide bonds. The molecule has 0 unspecified atom stereocenters. The number of rotatable bonds is 5. The SMILES string of the molecule is C=CC(=O)N1CCN(c2nc(=O)n(-c3c(C(C)C)cccc3C(C)C)c3c2C=C(F)/C(=C2/C(=O)C=CC=C2F)N3O)[C@@H](C)C1. The van der Waals surface area contributed by atoms with E-state index in [0.29, 0.717) is 23.8 Å². The Labute approximate surface area is 254 Å². The van der Waals surface area contributed by atoms with E-state index >= 15 is 8.78 Å². The number of aromatic nitrogens is 2. The van der Waals surface area contributed by atoms with Crippen LogP contribution in [0.2, 0.25) is 0 Å². The highest BCUT2D eigenvalue weighted by molar-refractivity contribution is 6.10. The first-order valence-corrected chi connectivity index (χ1v) is 14.5. The van der Waals surface area contributed by atoms with Crippen LogP contribution in [-0.2, 0) is 9.59 Å². The first-order valence-electron chi connectivity index (χ1n) is 14.5. The predicted molar refractivity (Wildman–Crippen MR) is 165 cm³/mol. The molecule has 1 aromatic carbocycles. The van der Waals surface area contributed by atoms with E-state index in [0.717, 1.165) is 29.4 Å². The molecule has 0 saturated carbocycles. The average molecular weight is 604 g/mol. The fourth-order valence-electron chi connectivity index (χ4n) is 6.00. The molecule has 0 spiro atoms. The lowest BCUT2D eigenvalue weighted by atomic mass is 9.92. The van der Waals surface area contributed by atoms with Crippen LogP contribution in [0.25, 0.3) is 11.8 Å². The minimum Gasteiger partial charge on any atom is -0.350 e. The van der Waals surface area contributed by atoms with Crippen molar-refractivity contribution in [1.82, 2.24) is 14.5 Å². The van der Waals surface area contributed by atoms with E-state index in [1.54, 1.807) is 9.80 Å². The van der Waals surface area contributed by atoms with Crippen molar-refractivity contribution in [3.63, 3.8) is 0 Å². The summed E-state index contributed by atoms with van der Waals surface area (Å²) in [6.07, 6.45) is 5.58. The quantitative estimate of drug-likeness (QED) is 0.453. The van der Waals surface area contributed by atoms with Crippen LogP contribution in [0.15, 0.2) is 76.8 Å². The largest absolute Gasteiger partial charge is 0.355 e. The summed E-state index contributed by atoms with van der Waals surface area (Å²) in [5.74, 6) is -3.38. The van der Waals surface area contributed by atoms with Crippen molar-refractivity contribution in [1.29, 1.82) is 0 Å². The lowest BCUT2D eigenvalue weighted by molar-refractivity contribution is -0.126. The van der Waals surface area contributed by atoms with E-state index in [1.165, 1.54) is 16.7 Å². The summed E-state index contributed by atoms with van der Waals surface area (Å²) in [5.41, 5.74) is -0.0411. The second kappa shape index (κ2) is 11.8. The molecule has 230 valence electrons. The molecule has 1 aromatic heterocycles. The lowest BCUT2D eigenvalue weighted by Gasteiger charge is -2.41. The van der Waals surface area contributed by atoms with Gasteiger partial charge in [0.2, 0.25) is 5.91 Å². The van der Waals surface area contributed by atoms with Gasteiger partial charge in [0.25, 0.3) is 0 Å². The molecule has 3 heterocycles. The highest BCUT2D eigenvalue weighted by Gasteiger charge is 2.38. The van der Waals surface area contributed by atoms with E-state index in [4.69, 9.17) is 0 Å². The molecule has 2 aliphatic heterocycles. The number of carbonyl (C=O) groups excluding carboxylic acids is 2. The number of amides is 1. The van der Waals surface area contributed by atoms with Crippen LogP contribution in [0.1, 0.15) is 63.1 Å². The number of halogens is 2. The summed E-state index contributed by atoms with van der Waals surface area (Å²) in [6.45, 7) is 14.1. The smallest absolute Gasteiger partial charge is 0.350 e. The fraction of sp³-hybridized carbons (Fsp3) is 0.333. The summed E-state index contributed by atoms with van der Waals surface area (Å²) in [7, 11) is 0. The number of hydroxylamine groups is 1. The van der Waals surface area contributed by atoms with E-state index in [9.17, 15) is 19.6 Å². The Morgan fingerprint density at radius 3 is 2.32 bits per heavy atom. The first kappa shape index (κ1) is 30.8. The summed E-state index contributed by atoms with van der Waals surface area (Å²) >= 11 is 0. The number of hydrogen-bond donors (Lipinski definition) is 1. The molecule has 9 nitrogen and oxygen atoms in total. The third-order valence-electron chi connectivity index (χ3n) is 8.16. The molecule has 1 fully saturated rings. The third kappa shape index (κ3) is 5.11. The van der Waals surface area contributed by atoms with Gasteiger partial charge in [-0.25, -0.2) is 23.2 Å². The molecular weight excluding hydrogens is 568 g/mol. The van der Waals surface area contributed by atoms with Crippen molar-refractivity contribution in [3.05, 3.63) is 99.2 Å². The third-order valence-corrected chi connectivity index (χ3v) is 8.16. The van der Waals surface area contributed by atoms with Gasteiger partial charge in [-0.1, -0.05) is 58.5 Å². The second-order valence-corrected chi connectivity index (χ2v) is 11.7. The number of nitrogens with zero attached hydrogens (tertiary/aromatic N) is 5. The van der Waals surface area contributed by atoms with Crippen LogP contribution in [0.4, 0.5) is 20.4 Å². The molecule has 11 heteroatoms. The maximum absolute atomic E-state index is 16.0. The van der Waals surface area contributed by atoms with Crippen molar-refractivity contribution in [2.24, 2.45) is 0 Å². The molecule has 3 aliphatic rings. The number of allylic oxidation sites excluding steroid dienone is 6. The number of piperazine rings is 1. The zero-order valence-electron chi connectivity index (χ0n) is 25.3. The predicted octanol–water partition coefficient (Wildman–Crippen LogP) is 5.47. The van der Waals surface area contributed by atoms with Gasteiger partial charge < -0.3 is 9.80 Å². The van der Waals surface area contributed by atoms with Crippen LogP contribution in [0.5, 0.6) is 0 Å². The monoisotopic (exact) mass is 603 g/mol. The minimum absolute atomic E-state index is 0.0623. The molecule has 2 aromatic rings. The molecule has 5 rings (SSSR count). The van der Waals surface area contributed by atoms with Crippen molar-refractivity contribution in [2.45, 2.75) is 52.5 Å². The van der Waals surface area contributed by atoms with Gasteiger partial charge in [-0.15, -0.1) is 0 Å². The molecule has 1 atom stereocenters. The van der Waals surface area contributed by atoms with Gasteiger partial charge >= 0.3 is 5.69 Å². The molecule has 0 radical (unpaired) electrons. The standard InChI is InChI=1S/C33H35F2N5O4/c1-7-27(42)37-14-15-38(20(6)17-37)31-23-16-25(35)30(28-24(34)12-9-13-26(28)41)40(44)32(23)39(33(43)36-31)29-21(18(2)3)10-8-11-22(29)19(4)5/h7-13,16,18-20,44H,1,14-15,17H2,2-6H3/b30-28-/t20-/m0/s1. The van der Waals surface area contributed by atoms with E-state index in [1.807, 2.05) is 52.8 Å². The fourth-order valence-corrected chi connectivity index (χ4v) is 6.00. The van der Waals surface area contributed by atoms with Gasteiger partial charge in [0, 0.05) is 25.7 Å². The van der Waals surface area contributed by atoms with Crippen LogP contribution in [0.3, 0.4) is 0 Å². The van der Waals surface area contributed by atoms with Gasteiger partial charge in [0.05, 0.1) is 16.8 Å². The first-order chi connectivity index (χ1) is 20.9. The zero-order chi connectivity index (χ0) is 32.0. The van der Waals surface area contributed by atoms with Crippen molar-refractivity contribution in [2.75, 3.05) is 29.6 Å². The van der Waals surface area contributed by atoms with Gasteiger partial charge in [-0.05, 0) is 54.2 Å². The van der Waals surface area contributed by atoms with Crippen LogP contribution in [0, 0.1) is 0 Å². The summed E-state index contributed by atoms with van der Waals surface area (Å²) in [5, 5.41) is 12.2. The highest BCUT2D eigenvalue weighted by Crippen LogP contribution is 2.44. The molecule has 1 N–H and O–H groups in total. The minimum atomic E-state index is -1.08. The molecule has 0 bridgehead atoms. The second-order valence-electron chi connectivity index (χ2n) is 11.7. The number of carbonyl (C=O) groups is 2. The maximum atomic E-state index is 16.0. The Morgan fingerprint density at radius 1 is 1.09 bits per heavy atom. The number of fused-ring (bicyclic) bond motifs is 1. The van der Waals surface area contributed by atoms with Crippen LogP contribution < -0.4 is 15.7 Å². The summed E-state index contributed by atoms with van der Waals surface area (Å²) < 4.78 is 32.3. The van der Waals surface area contributed by atoms with Crippen molar-refractivity contribution in [3.8, 4) is 5.69 Å². The molecular formula is C33H35F2N5O4. The highest BCUT2D eigenvalue weighted by atomic mass is 19.1. The maximum Gasteiger partial charge on any atom is 0.355 e. The Morgan fingerprint density at radius 2 is 1.75 bits per heavy atom. The van der Waals surface area contributed by atoms with Crippen molar-refractivity contribution < 1.29 is 23.6 Å². The number of hydrogen-bond acceptors (Lipinski definition) is 7. The van der Waals surface area contributed by atoms with Gasteiger partial charge in [0.15, 0.2) is 17.4 Å². The van der Waals surface area contributed by atoms with Gasteiger partial charge in [0.1, 0.15) is 17.3 Å². The summed E-state index contributed by atoms with van der Waals surface area (Å²) in [4.78, 5) is 47.1. The van der Waals surface area contributed by atoms with Gasteiger partial charge in [-0.3, -0.25) is 14.8 Å². The van der Waals surface area contributed by atoms with E-state index < -0.39 is 34.4 Å². The molecule has 1 saturated heterocycles. The topological polar surface area (TPSA) is 99.0 Å². The molecule has 44 heavy (non-hydrogen) atoms. The van der Waals surface area contributed by atoms with Crippen molar-refractivity contribution >= 4 is 29.4 Å². The number of anilines is 2. The Hall–Kier alpha value is -4.64. The molecule has 1 aliphatic carbocycles. The van der Waals surface area contributed by atoms with Gasteiger partial charge in [-0.2, -0.15) is 4.98 Å². The lowest BCUT2D eigenvalue weighted by Crippen LogP contribution is -2.54. The normalized spacial score (nSPS) is 20.3. The van der Waals surface area contributed by atoms with Crippen LogP contribution in [-0.4, -0.2) is 57.0 Å². The zero-order valence-corrected chi connectivity index (χ0v) is 25.3. The van der Waals surface area contributed by atoms with E-state index in [2.05, 4.69) is 11.6 Å². The number of para-hydroxylation sites is 1. The Bertz CT molecular complexity index is 1720. The number of benzene rings is 1. The van der Waals surface area contributed by atoms with Crippen LogP contribution >= 0.6 is 0 Å². The Balaban J connectivity index is 1.85. The number of ketones is 1. The van der Waals surface area contributed by atoms with E-state index in [-0.39, 0.29) is 47.5 Å².